The molecule has 0 aliphatic carbocycles. The van der Waals surface area contributed by atoms with Crippen molar-refractivity contribution in [1.29, 1.82) is 0 Å². The standard InChI is InChI=1S/C23H20ClN3O3S/c1-2-3-12-27-18-7-5-4-6-16(18)20(28)19(22(27)30)21(29)26-23-25-17(13-31-23)14-8-10-15(24)11-9-14/h4-11,13,28H,2-3,12H2,1H3,(H,25,26,29). The van der Waals surface area contributed by atoms with Gasteiger partial charge in [-0.25, -0.2) is 4.98 Å². The lowest BCUT2D eigenvalue weighted by Gasteiger charge is -2.14. The number of amides is 1. The second kappa shape index (κ2) is 8.91. The van der Waals surface area contributed by atoms with E-state index in [2.05, 4.69) is 10.3 Å². The van der Waals surface area contributed by atoms with Gasteiger partial charge in [0.05, 0.1) is 11.2 Å². The number of anilines is 1. The Balaban J connectivity index is 1.70. The molecular weight excluding hydrogens is 434 g/mol. The van der Waals surface area contributed by atoms with E-state index >= 15 is 0 Å². The number of hydrogen-bond donors (Lipinski definition) is 2. The number of unbranched alkanes of at least 4 members (excludes halogenated alkanes) is 1. The van der Waals surface area contributed by atoms with Crippen LogP contribution in [0.3, 0.4) is 0 Å². The predicted octanol–water partition coefficient (Wildman–Crippen LogP) is 5.54. The van der Waals surface area contributed by atoms with Gasteiger partial charge in [-0.3, -0.25) is 14.9 Å². The van der Waals surface area contributed by atoms with Crippen molar-refractivity contribution >= 4 is 44.9 Å². The van der Waals surface area contributed by atoms with Crippen molar-refractivity contribution in [1.82, 2.24) is 9.55 Å². The molecule has 4 rings (SSSR count). The largest absolute Gasteiger partial charge is 0.506 e. The predicted molar refractivity (Wildman–Crippen MR) is 125 cm³/mol. The maximum absolute atomic E-state index is 13.1. The molecule has 0 spiro atoms. The maximum Gasteiger partial charge on any atom is 0.267 e. The van der Waals surface area contributed by atoms with E-state index in [9.17, 15) is 14.7 Å². The van der Waals surface area contributed by atoms with E-state index in [1.807, 2.05) is 19.1 Å². The lowest BCUT2D eigenvalue weighted by Crippen LogP contribution is -2.30. The number of para-hydroxylation sites is 1. The van der Waals surface area contributed by atoms with Crippen molar-refractivity contribution in [2.45, 2.75) is 26.3 Å². The summed E-state index contributed by atoms with van der Waals surface area (Å²) in [5.41, 5.74) is 1.35. The number of hydrogen-bond acceptors (Lipinski definition) is 5. The first-order valence-corrected chi connectivity index (χ1v) is 11.1. The van der Waals surface area contributed by atoms with E-state index < -0.39 is 11.5 Å². The number of pyridine rings is 1. The fraction of sp³-hybridized carbons (Fsp3) is 0.174. The number of benzene rings is 2. The minimum Gasteiger partial charge on any atom is -0.506 e. The molecule has 0 atom stereocenters. The van der Waals surface area contributed by atoms with E-state index in [4.69, 9.17) is 11.6 Å². The van der Waals surface area contributed by atoms with Gasteiger partial charge in [0.15, 0.2) is 5.13 Å². The highest BCUT2D eigenvalue weighted by molar-refractivity contribution is 7.14. The first kappa shape index (κ1) is 21.1. The molecule has 2 N–H and O–H groups in total. The molecule has 0 saturated heterocycles. The van der Waals surface area contributed by atoms with Gasteiger partial charge in [-0.2, -0.15) is 0 Å². The van der Waals surface area contributed by atoms with Crippen LogP contribution in [0, 0.1) is 0 Å². The van der Waals surface area contributed by atoms with Crippen LogP contribution in [-0.2, 0) is 6.54 Å². The Kier molecular flexibility index (Phi) is 6.06. The van der Waals surface area contributed by atoms with Crippen LogP contribution in [0.1, 0.15) is 30.1 Å². The normalized spacial score (nSPS) is 11.0. The Morgan fingerprint density at radius 3 is 2.68 bits per heavy atom. The highest BCUT2D eigenvalue weighted by Gasteiger charge is 2.23. The number of rotatable bonds is 6. The number of nitrogens with zero attached hydrogens (tertiary/aromatic N) is 2. The summed E-state index contributed by atoms with van der Waals surface area (Å²) in [7, 11) is 0. The van der Waals surface area contributed by atoms with E-state index in [0.717, 1.165) is 18.4 Å². The molecule has 158 valence electrons. The number of aromatic nitrogens is 2. The van der Waals surface area contributed by atoms with Gasteiger partial charge in [0.1, 0.15) is 11.3 Å². The van der Waals surface area contributed by atoms with Crippen LogP contribution in [0.15, 0.2) is 58.7 Å². The molecule has 2 heterocycles. The fourth-order valence-electron chi connectivity index (χ4n) is 3.38. The summed E-state index contributed by atoms with van der Waals surface area (Å²) < 4.78 is 1.55. The molecule has 0 aliphatic rings. The van der Waals surface area contributed by atoms with Crippen LogP contribution in [0.5, 0.6) is 5.75 Å². The number of nitrogens with one attached hydrogen (secondary N) is 1. The van der Waals surface area contributed by atoms with Crippen molar-refractivity contribution in [2.75, 3.05) is 5.32 Å². The monoisotopic (exact) mass is 453 g/mol. The maximum atomic E-state index is 13.1. The summed E-state index contributed by atoms with van der Waals surface area (Å²) >= 11 is 7.16. The Morgan fingerprint density at radius 1 is 1.19 bits per heavy atom. The quantitative estimate of drug-likeness (QED) is 0.401. The smallest absolute Gasteiger partial charge is 0.267 e. The lowest BCUT2D eigenvalue weighted by atomic mass is 10.1. The highest BCUT2D eigenvalue weighted by atomic mass is 35.5. The minimum atomic E-state index is -0.685. The summed E-state index contributed by atoms with van der Waals surface area (Å²) in [6.45, 7) is 2.50. The minimum absolute atomic E-state index is 0.280. The van der Waals surface area contributed by atoms with Crippen molar-refractivity contribution in [3.05, 3.63) is 74.9 Å². The van der Waals surface area contributed by atoms with E-state index in [-0.39, 0.29) is 11.3 Å². The molecule has 31 heavy (non-hydrogen) atoms. The van der Waals surface area contributed by atoms with E-state index in [1.165, 1.54) is 11.3 Å². The van der Waals surface area contributed by atoms with Crippen LogP contribution in [0.25, 0.3) is 22.2 Å². The molecule has 0 unspecified atom stereocenters. The van der Waals surface area contributed by atoms with E-state index in [1.54, 1.807) is 46.3 Å². The van der Waals surface area contributed by atoms with Gasteiger partial charge in [-0.15, -0.1) is 11.3 Å². The zero-order valence-electron chi connectivity index (χ0n) is 16.8. The molecule has 4 aromatic rings. The van der Waals surface area contributed by atoms with Gasteiger partial charge in [-0.05, 0) is 30.7 Å². The van der Waals surface area contributed by atoms with E-state index in [0.29, 0.717) is 33.3 Å². The summed E-state index contributed by atoms with van der Waals surface area (Å²) in [5.74, 6) is -1.00. The Morgan fingerprint density at radius 2 is 1.94 bits per heavy atom. The number of halogens is 1. The Hall–Kier alpha value is -3.16. The van der Waals surface area contributed by atoms with Gasteiger partial charge >= 0.3 is 0 Å². The van der Waals surface area contributed by atoms with Crippen LogP contribution >= 0.6 is 22.9 Å². The summed E-state index contributed by atoms with van der Waals surface area (Å²) in [6.07, 6.45) is 1.68. The van der Waals surface area contributed by atoms with Gasteiger partial charge < -0.3 is 9.67 Å². The van der Waals surface area contributed by atoms with Crippen molar-refractivity contribution in [3.63, 3.8) is 0 Å². The third-order valence-electron chi connectivity index (χ3n) is 4.97. The topological polar surface area (TPSA) is 84.2 Å². The zero-order valence-corrected chi connectivity index (χ0v) is 18.3. The molecule has 8 heteroatoms. The molecule has 0 fully saturated rings. The number of aromatic hydroxyl groups is 1. The van der Waals surface area contributed by atoms with Crippen molar-refractivity contribution in [3.8, 4) is 17.0 Å². The molecule has 2 aromatic carbocycles. The summed E-state index contributed by atoms with van der Waals surface area (Å²) in [5, 5.41) is 16.6. The van der Waals surface area contributed by atoms with Crippen LogP contribution in [0.2, 0.25) is 5.02 Å². The number of carbonyl (C=O) groups is 1. The lowest BCUT2D eigenvalue weighted by molar-refractivity contribution is 0.102. The zero-order chi connectivity index (χ0) is 22.0. The number of aryl methyl sites for hydroxylation is 1. The summed E-state index contributed by atoms with van der Waals surface area (Å²) in [4.78, 5) is 30.5. The highest BCUT2D eigenvalue weighted by Crippen LogP contribution is 2.29. The van der Waals surface area contributed by atoms with Crippen molar-refractivity contribution in [2.24, 2.45) is 0 Å². The van der Waals surface area contributed by atoms with Crippen LogP contribution in [0.4, 0.5) is 5.13 Å². The van der Waals surface area contributed by atoms with Gasteiger partial charge in [0, 0.05) is 27.9 Å². The number of carbonyl (C=O) groups excluding carboxylic acids is 1. The van der Waals surface area contributed by atoms with Crippen LogP contribution in [-0.4, -0.2) is 20.6 Å². The first-order valence-electron chi connectivity index (χ1n) is 9.87. The second-order valence-corrected chi connectivity index (χ2v) is 8.34. The molecule has 0 radical (unpaired) electrons. The average Bonchev–Trinajstić information content (AvgIpc) is 3.22. The molecule has 0 aliphatic heterocycles. The van der Waals surface area contributed by atoms with Gasteiger partial charge in [0.2, 0.25) is 0 Å². The molecule has 0 saturated carbocycles. The summed E-state index contributed by atoms with van der Waals surface area (Å²) in [6, 6.07) is 14.2. The fourth-order valence-corrected chi connectivity index (χ4v) is 4.22. The van der Waals surface area contributed by atoms with Crippen LogP contribution < -0.4 is 10.9 Å². The first-order chi connectivity index (χ1) is 15.0. The van der Waals surface area contributed by atoms with Crippen molar-refractivity contribution < 1.29 is 9.90 Å². The molecule has 6 nitrogen and oxygen atoms in total. The number of thiazole rings is 1. The second-order valence-electron chi connectivity index (χ2n) is 7.05. The third kappa shape index (κ3) is 4.19. The molecule has 2 aromatic heterocycles. The van der Waals surface area contributed by atoms with Gasteiger partial charge in [0.25, 0.3) is 11.5 Å². The third-order valence-corrected chi connectivity index (χ3v) is 5.98. The Labute approximate surface area is 187 Å². The molecule has 1 amide bonds. The SMILES string of the molecule is CCCCn1c(=O)c(C(=O)Nc2nc(-c3ccc(Cl)cc3)cs2)c(O)c2ccccc21. The molecule has 0 bridgehead atoms. The Bertz CT molecular complexity index is 1310. The molecular formula is C23H20ClN3O3S. The van der Waals surface area contributed by atoms with Gasteiger partial charge in [-0.1, -0.05) is 49.2 Å². The average molecular weight is 454 g/mol. The number of fused-ring (bicyclic) bond motifs is 1.